The average Bonchev–Trinajstić information content (AvgIpc) is 2.81. The Hall–Kier alpha value is -0.0400. The SMILES string of the molecule is CNCC1CC1(C)C1CCCCC1. The summed E-state index contributed by atoms with van der Waals surface area (Å²) in [4.78, 5) is 0. The van der Waals surface area contributed by atoms with Gasteiger partial charge in [0, 0.05) is 0 Å². The molecule has 13 heavy (non-hydrogen) atoms. The van der Waals surface area contributed by atoms with Crippen molar-refractivity contribution < 1.29 is 0 Å². The van der Waals surface area contributed by atoms with Crippen molar-refractivity contribution in [3.05, 3.63) is 0 Å². The summed E-state index contributed by atoms with van der Waals surface area (Å²) in [5, 5.41) is 3.32. The lowest BCUT2D eigenvalue weighted by molar-refractivity contribution is 0.226. The fourth-order valence-electron chi connectivity index (χ4n) is 3.29. The second-order valence-electron chi connectivity index (χ2n) is 5.30. The molecular formula is C12H23N. The van der Waals surface area contributed by atoms with Gasteiger partial charge >= 0.3 is 0 Å². The highest BCUT2D eigenvalue weighted by molar-refractivity contribution is 5.04. The van der Waals surface area contributed by atoms with Crippen LogP contribution in [0.1, 0.15) is 45.4 Å². The van der Waals surface area contributed by atoms with Crippen molar-refractivity contribution in [1.82, 2.24) is 5.32 Å². The Kier molecular flexibility index (Phi) is 2.64. The highest BCUT2D eigenvalue weighted by Crippen LogP contribution is 2.60. The molecule has 1 heteroatoms. The molecule has 0 amide bonds. The van der Waals surface area contributed by atoms with Gasteiger partial charge in [-0.2, -0.15) is 0 Å². The molecule has 2 fully saturated rings. The molecule has 2 rings (SSSR count). The minimum atomic E-state index is 0.726. The Morgan fingerprint density at radius 2 is 1.92 bits per heavy atom. The van der Waals surface area contributed by atoms with Gasteiger partial charge in [0.05, 0.1) is 0 Å². The van der Waals surface area contributed by atoms with Crippen LogP contribution in [0.25, 0.3) is 0 Å². The van der Waals surface area contributed by atoms with Crippen LogP contribution in [0, 0.1) is 17.3 Å². The van der Waals surface area contributed by atoms with Crippen molar-refractivity contribution in [3.8, 4) is 0 Å². The van der Waals surface area contributed by atoms with Crippen molar-refractivity contribution in [2.24, 2.45) is 17.3 Å². The summed E-state index contributed by atoms with van der Waals surface area (Å²) in [6.07, 6.45) is 8.98. The Balaban J connectivity index is 1.86. The third-order valence-corrected chi connectivity index (χ3v) is 4.45. The Bertz CT molecular complexity index is 172. The third-order valence-electron chi connectivity index (χ3n) is 4.45. The molecule has 0 heterocycles. The number of nitrogens with one attached hydrogen (secondary N) is 1. The number of rotatable bonds is 3. The van der Waals surface area contributed by atoms with Crippen molar-refractivity contribution in [2.75, 3.05) is 13.6 Å². The van der Waals surface area contributed by atoms with E-state index in [-0.39, 0.29) is 0 Å². The van der Waals surface area contributed by atoms with Crippen LogP contribution in [0.3, 0.4) is 0 Å². The second kappa shape index (κ2) is 3.61. The highest BCUT2D eigenvalue weighted by atomic mass is 14.8. The molecule has 1 N–H and O–H groups in total. The van der Waals surface area contributed by atoms with Crippen LogP contribution in [0.2, 0.25) is 0 Å². The van der Waals surface area contributed by atoms with Crippen LogP contribution in [0.15, 0.2) is 0 Å². The largest absolute Gasteiger partial charge is 0.319 e. The maximum atomic E-state index is 3.32. The van der Waals surface area contributed by atoms with Crippen LogP contribution in [0.4, 0.5) is 0 Å². The first-order chi connectivity index (χ1) is 6.27. The molecule has 0 spiro atoms. The summed E-state index contributed by atoms with van der Waals surface area (Å²) in [5.74, 6) is 2.04. The van der Waals surface area contributed by atoms with E-state index in [4.69, 9.17) is 0 Å². The van der Waals surface area contributed by atoms with Gasteiger partial charge in [-0.3, -0.25) is 0 Å². The monoisotopic (exact) mass is 181 g/mol. The Morgan fingerprint density at radius 1 is 1.23 bits per heavy atom. The van der Waals surface area contributed by atoms with Gasteiger partial charge in [0.2, 0.25) is 0 Å². The normalized spacial score (nSPS) is 40.6. The lowest BCUT2D eigenvalue weighted by atomic mass is 9.77. The predicted octanol–water partition coefficient (Wildman–Crippen LogP) is 2.81. The molecular weight excluding hydrogens is 158 g/mol. The van der Waals surface area contributed by atoms with E-state index < -0.39 is 0 Å². The smallest absolute Gasteiger partial charge is 0.00180 e. The molecule has 1 nitrogen and oxygen atoms in total. The molecule has 0 bridgehead atoms. The predicted molar refractivity (Wildman–Crippen MR) is 56.7 cm³/mol. The molecule has 0 aromatic carbocycles. The first-order valence-electron chi connectivity index (χ1n) is 5.92. The van der Waals surface area contributed by atoms with Gasteiger partial charge in [0.15, 0.2) is 0 Å². The summed E-state index contributed by atoms with van der Waals surface area (Å²) in [5.41, 5.74) is 0.726. The lowest BCUT2D eigenvalue weighted by Crippen LogP contribution is -2.22. The highest BCUT2D eigenvalue weighted by Gasteiger charge is 2.53. The van der Waals surface area contributed by atoms with Crippen LogP contribution >= 0.6 is 0 Å². The topological polar surface area (TPSA) is 12.0 Å². The van der Waals surface area contributed by atoms with E-state index in [1.807, 2.05) is 0 Å². The standard InChI is InChI=1S/C12H23N/c1-12(8-11(12)9-13-2)10-6-4-3-5-7-10/h10-11,13H,3-9H2,1-2H3. The quantitative estimate of drug-likeness (QED) is 0.706. The first-order valence-corrected chi connectivity index (χ1v) is 5.92. The van der Waals surface area contributed by atoms with Crippen molar-refractivity contribution in [1.29, 1.82) is 0 Å². The summed E-state index contributed by atoms with van der Waals surface area (Å²) in [6, 6.07) is 0. The van der Waals surface area contributed by atoms with Gasteiger partial charge in [-0.25, -0.2) is 0 Å². The molecule has 0 aromatic heterocycles. The molecule has 0 aliphatic heterocycles. The van der Waals surface area contributed by atoms with Gasteiger partial charge in [-0.05, 0) is 50.1 Å². The van der Waals surface area contributed by atoms with E-state index in [1.54, 1.807) is 0 Å². The third kappa shape index (κ3) is 1.76. The van der Waals surface area contributed by atoms with Crippen molar-refractivity contribution in [3.63, 3.8) is 0 Å². The Labute approximate surface area is 82.3 Å². The maximum Gasteiger partial charge on any atom is -0.00180 e. The van der Waals surface area contributed by atoms with Crippen LogP contribution < -0.4 is 5.32 Å². The minimum absolute atomic E-state index is 0.726. The summed E-state index contributed by atoms with van der Waals surface area (Å²) in [7, 11) is 2.08. The molecule has 2 atom stereocenters. The molecule has 0 saturated heterocycles. The van der Waals surface area contributed by atoms with Crippen LogP contribution in [-0.2, 0) is 0 Å². The fourth-order valence-corrected chi connectivity index (χ4v) is 3.29. The summed E-state index contributed by atoms with van der Waals surface area (Å²) >= 11 is 0. The lowest BCUT2D eigenvalue weighted by Gasteiger charge is -2.28. The first kappa shape index (κ1) is 9.51. The molecule has 2 aliphatic carbocycles. The maximum absolute atomic E-state index is 3.32. The molecule has 0 radical (unpaired) electrons. The van der Waals surface area contributed by atoms with E-state index in [2.05, 4.69) is 19.3 Å². The average molecular weight is 181 g/mol. The van der Waals surface area contributed by atoms with E-state index in [0.717, 1.165) is 17.3 Å². The van der Waals surface area contributed by atoms with Gasteiger partial charge in [0.25, 0.3) is 0 Å². The molecule has 2 aliphatic rings. The van der Waals surface area contributed by atoms with E-state index >= 15 is 0 Å². The fraction of sp³-hybridized carbons (Fsp3) is 1.00. The molecule has 2 unspecified atom stereocenters. The van der Waals surface area contributed by atoms with Gasteiger partial charge in [-0.1, -0.05) is 26.2 Å². The molecule has 76 valence electrons. The van der Waals surface area contributed by atoms with Gasteiger partial charge in [0.1, 0.15) is 0 Å². The second-order valence-corrected chi connectivity index (χ2v) is 5.30. The van der Waals surface area contributed by atoms with Gasteiger partial charge < -0.3 is 5.32 Å². The zero-order valence-corrected chi connectivity index (χ0v) is 9.10. The number of hydrogen-bond donors (Lipinski definition) is 1. The minimum Gasteiger partial charge on any atom is -0.319 e. The van der Waals surface area contributed by atoms with E-state index in [1.165, 1.54) is 45.1 Å². The Morgan fingerprint density at radius 3 is 2.54 bits per heavy atom. The van der Waals surface area contributed by atoms with Gasteiger partial charge in [-0.15, -0.1) is 0 Å². The zero-order chi connectivity index (χ0) is 9.31. The summed E-state index contributed by atoms with van der Waals surface area (Å²) < 4.78 is 0. The molecule has 0 aromatic rings. The number of hydrogen-bond acceptors (Lipinski definition) is 1. The van der Waals surface area contributed by atoms with E-state index in [0.29, 0.717) is 0 Å². The zero-order valence-electron chi connectivity index (χ0n) is 9.10. The van der Waals surface area contributed by atoms with Crippen molar-refractivity contribution in [2.45, 2.75) is 45.4 Å². The van der Waals surface area contributed by atoms with Crippen molar-refractivity contribution >= 4 is 0 Å². The van der Waals surface area contributed by atoms with Crippen LogP contribution in [-0.4, -0.2) is 13.6 Å². The van der Waals surface area contributed by atoms with Crippen LogP contribution in [0.5, 0.6) is 0 Å². The summed E-state index contributed by atoms with van der Waals surface area (Å²) in [6.45, 7) is 3.76. The molecule has 2 saturated carbocycles. The van der Waals surface area contributed by atoms with E-state index in [9.17, 15) is 0 Å².